The summed E-state index contributed by atoms with van der Waals surface area (Å²) in [5.41, 5.74) is 1.68. The predicted octanol–water partition coefficient (Wildman–Crippen LogP) is 4.64. The summed E-state index contributed by atoms with van der Waals surface area (Å²) in [6.07, 6.45) is 2.13. The summed E-state index contributed by atoms with van der Waals surface area (Å²) in [6, 6.07) is 15.3. The molecule has 0 aliphatic carbocycles. The van der Waals surface area contributed by atoms with Crippen LogP contribution in [0.5, 0.6) is 5.75 Å². The number of amides is 1. The number of benzene rings is 2. The maximum absolute atomic E-state index is 12.5. The molecule has 0 bridgehead atoms. The predicted molar refractivity (Wildman–Crippen MR) is 102 cm³/mol. The zero-order valence-electron chi connectivity index (χ0n) is 14.6. The van der Waals surface area contributed by atoms with Crippen LogP contribution in [0.15, 0.2) is 53.5 Å². The fourth-order valence-corrected chi connectivity index (χ4v) is 3.68. The van der Waals surface area contributed by atoms with Crippen molar-refractivity contribution in [2.75, 3.05) is 6.61 Å². The van der Waals surface area contributed by atoms with E-state index < -0.39 is 0 Å². The largest absolute Gasteiger partial charge is 0.494 e. The SMILES string of the molecule is CCCCOc1ccc(C(=O)N=c2sc3ccccc3n2CC)cc1. The molecule has 0 atom stereocenters. The molecule has 1 heterocycles. The molecule has 4 nitrogen and oxygen atoms in total. The number of hydrogen-bond acceptors (Lipinski definition) is 3. The maximum atomic E-state index is 12.5. The van der Waals surface area contributed by atoms with Gasteiger partial charge in [-0.05, 0) is 49.7 Å². The van der Waals surface area contributed by atoms with Crippen molar-refractivity contribution in [3.63, 3.8) is 0 Å². The number of carbonyl (C=O) groups is 1. The third-order valence-corrected chi connectivity index (χ3v) is 5.03. The van der Waals surface area contributed by atoms with Crippen molar-refractivity contribution in [3.8, 4) is 5.75 Å². The quantitative estimate of drug-likeness (QED) is 0.605. The minimum atomic E-state index is -0.228. The molecular formula is C20H22N2O2S. The van der Waals surface area contributed by atoms with Crippen molar-refractivity contribution in [2.24, 2.45) is 4.99 Å². The second-order valence-electron chi connectivity index (χ2n) is 5.74. The van der Waals surface area contributed by atoms with Gasteiger partial charge in [0.25, 0.3) is 5.91 Å². The van der Waals surface area contributed by atoms with E-state index in [0.29, 0.717) is 12.2 Å². The van der Waals surface area contributed by atoms with Gasteiger partial charge in [-0.15, -0.1) is 0 Å². The summed E-state index contributed by atoms with van der Waals surface area (Å²) in [4.78, 5) is 17.6. The number of ether oxygens (including phenoxy) is 1. The Balaban J connectivity index is 1.85. The van der Waals surface area contributed by atoms with Gasteiger partial charge in [0.2, 0.25) is 0 Å². The first-order valence-electron chi connectivity index (χ1n) is 8.63. The van der Waals surface area contributed by atoms with Gasteiger partial charge in [0, 0.05) is 12.1 Å². The topological polar surface area (TPSA) is 43.6 Å². The lowest BCUT2D eigenvalue weighted by Crippen LogP contribution is -2.15. The second kappa shape index (κ2) is 8.12. The first-order chi connectivity index (χ1) is 12.2. The van der Waals surface area contributed by atoms with Gasteiger partial charge in [-0.2, -0.15) is 4.99 Å². The number of aromatic nitrogens is 1. The van der Waals surface area contributed by atoms with E-state index in [1.807, 2.05) is 24.3 Å². The molecule has 130 valence electrons. The van der Waals surface area contributed by atoms with Crippen LogP contribution >= 0.6 is 11.3 Å². The summed E-state index contributed by atoms with van der Waals surface area (Å²) in [6.45, 7) is 5.67. The zero-order chi connectivity index (χ0) is 17.6. The van der Waals surface area contributed by atoms with E-state index in [9.17, 15) is 4.79 Å². The molecule has 1 aromatic heterocycles. The number of thiazole rings is 1. The van der Waals surface area contributed by atoms with Gasteiger partial charge in [-0.3, -0.25) is 4.79 Å². The van der Waals surface area contributed by atoms with Crippen LogP contribution in [-0.2, 0) is 6.54 Å². The molecule has 0 unspecified atom stereocenters. The van der Waals surface area contributed by atoms with E-state index in [4.69, 9.17) is 4.74 Å². The van der Waals surface area contributed by atoms with Crippen LogP contribution in [0.25, 0.3) is 10.2 Å². The molecule has 3 rings (SSSR count). The Morgan fingerprint density at radius 2 is 1.88 bits per heavy atom. The monoisotopic (exact) mass is 354 g/mol. The Bertz CT molecular complexity index is 923. The lowest BCUT2D eigenvalue weighted by molar-refractivity contribution is 0.0998. The number of hydrogen-bond donors (Lipinski definition) is 0. The highest BCUT2D eigenvalue weighted by Gasteiger charge is 2.08. The van der Waals surface area contributed by atoms with Gasteiger partial charge in [0.15, 0.2) is 4.80 Å². The molecule has 1 amide bonds. The molecule has 3 aromatic rings. The summed E-state index contributed by atoms with van der Waals surface area (Å²) in [5, 5.41) is 0. The Morgan fingerprint density at radius 3 is 2.60 bits per heavy atom. The van der Waals surface area contributed by atoms with Crippen molar-refractivity contribution >= 4 is 27.5 Å². The lowest BCUT2D eigenvalue weighted by atomic mass is 10.2. The fraction of sp³-hybridized carbons (Fsp3) is 0.300. The molecular weight excluding hydrogens is 332 g/mol. The highest BCUT2D eigenvalue weighted by molar-refractivity contribution is 7.16. The van der Waals surface area contributed by atoms with Crippen molar-refractivity contribution in [2.45, 2.75) is 33.2 Å². The number of unbranched alkanes of at least 4 members (excludes halogenated alkanes) is 1. The Kier molecular flexibility index (Phi) is 5.66. The molecule has 25 heavy (non-hydrogen) atoms. The van der Waals surface area contributed by atoms with Gasteiger partial charge in [-0.25, -0.2) is 0 Å². The Morgan fingerprint density at radius 1 is 1.12 bits per heavy atom. The first-order valence-corrected chi connectivity index (χ1v) is 9.45. The molecule has 0 saturated heterocycles. The first kappa shape index (κ1) is 17.4. The fourth-order valence-electron chi connectivity index (χ4n) is 2.59. The van der Waals surface area contributed by atoms with Crippen LogP contribution < -0.4 is 9.54 Å². The van der Waals surface area contributed by atoms with Crippen LogP contribution in [0.3, 0.4) is 0 Å². The average molecular weight is 354 g/mol. The zero-order valence-corrected chi connectivity index (χ0v) is 15.4. The lowest BCUT2D eigenvalue weighted by Gasteiger charge is -2.05. The Labute approximate surface area is 151 Å². The average Bonchev–Trinajstić information content (AvgIpc) is 2.99. The number of fused-ring (bicyclic) bond motifs is 1. The van der Waals surface area contributed by atoms with Crippen LogP contribution in [-0.4, -0.2) is 17.1 Å². The van der Waals surface area contributed by atoms with Crippen LogP contribution in [0.4, 0.5) is 0 Å². The van der Waals surface area contributed by atoms with E-state index >= 15 is 0 Å². The Hall–Kier alpha value is -2.40. The van der Waals surface area contributed by atoms with Gasteiger partial charge in [0.05, 0.1) is 16.8 Å². The molecule has 2 aromatic carbocycles. The van der Waals surface area contributed by atoms with Gasteiger partial charge >= 0.3 is 0 Å². The van der Waals surface area contributed by atoms with Gasteiger partial charge in [-0.1, -0.05) is 36.8 Å². The molecule has 0 aliphatic heterocycles. The standard InChI is InChI=1S/C20H22N2O2S/c1-3-5-14-24-16-12-10-15(11-13-16)19(23)21-20-22(4-2)17-8-6-7-9-18(17)25-20/h6-13H,3-5,14H2,1-2H3. The third-order valence-electron chi connectivity index (χ3n) is 3.97. The van der Waals surface area contributed by atoms with E-state index in [1.165, 1.54) is 11.3 Å². The van der Waals surface area contributed by atoms with Crippen LogP contribution in [0.2, 0.25) is 0 Å². The van der Waals surface area contributed by atoms with E-state index in [1.54, 1.807) is 12.1 Å². The number of para-hydroxylation sites is 1. The molecule has 0 saturated carbocycles. The van der Waals surface area contributed by atoms with Gasteiger partial charge < -0.3 is 9.30 Å². The number of carbonyl (C=O) groups excluding carboxylic acids is 1. The summed E-state index contributed by atoms with van der Waals surface area (Å²) >= 11 is 1.54. The molecule has 0 radical (unpaired) electrons. The van der Waals surface area contributed by atoms with Crippen molar-refractivity contribution < 1.29 is 9.53 Å². The van der Waals surface area contributed by atoms with E-state index in [2.05, 4.69) is 35.5 Å². The van der Waals surface area contributed by atoms with Crippen molar-refractivity contribution in [3.05, 3.63) is 58.9 Å². The molecule has 0 aliphatic rings. The molecule has 0 spiro atoms. The van der Waals surface area contributed by atoms with Crippen LogP contribution in [0.1, 0.15) is 37.0 Å². The number of aryl methyl sites for hydroxylation is 1. The summed E-state index contributed by atoms with van der Waals surface area (Å²) < 4.78 is 8.84. The van der Waals surface area contributed by atoms with Crippen molar-refractivity contribution in [1.82, 2.24) is 4.57 Å². The number of nitrogens with zero attached hydrogens (tertiary/aromatic N) is 2. The highest BCUT2D eigenvalue weighted by Crippen LogP contribution is 2.17. The molecule has 5 heteroatoms. The minimum absolute atomic E-state index is 0.228. The van der Waals surface area contributed by atoms with E-state index in [0.717, 1.165) is 40.2 Å². The number of rotatable bonds is 6. The third kappa shape index (κ3) is 3.99. The highest BCUT2D eigenvalue weighted by atomic mass is 32.1. The maximum Gasteiger partial charge on any atom is 0.279 e. The normalized spacial score (nSPS) is 11.8. The van der Waals surface area contributed by atoms with Crippen molar-refractivity contribution in [1.29, 1.82) is 0 Å². The van der Waals surface area contributed by atoms with E-state index in [-0.39, 0.29) is 5.91 Å². The summed E-state index contributed by atoms with van der Waals surface area (Å²) in [7, 11) is 0. The second-order valence-corrected chi connectivity index (χ2v) is 6.75. The smallest absolute Gasteiger partial charge is 0.279 e. The summed E-state index contributed by atoms with van der Waals surface area (Å²) in [5.74, 6) is 0.560. The molecule has 0 fully saturated rings. The van der Waals surface area contributed by atoms with Crippen LogP contribution in [0, 0.1) is 0 Å². The van der Waals surface area contributed by atoms with Gasteiger partial charge in [0.1, 0.15) is 5.75 Å². The minimum Gasteiger partial charge on any atom is -0.494 e. The molecule has 0 N–H and O–H groups in total.